The molecule has 0 radical (unpaired) electrons. The lowest BCUT2D eigenvalue weighted by atomic mass is 10.2. The Morgan fingerprint density at radius 1 is 1.44 bits per heavy atom. The van der Waals surface area contributed by atoms with Crippen LogP contribution in [0.1, 0.15) is 29.5 Å². The van der Waals surface area contributed by atoms with E-state index in [9.17, 15) is 9.18 Å². The van der Waals surface area contributed by atoms with Crippen LogP contribution in [0.2, 0.25) is 0 Å². The summed E-state index contributed by atoms with van der Waals surface area (Å²) in [6.07, 6.45) is 5.92. The van der Waals surface area contributed by atoms with Gasteiger partial charge in [0.2, 0.25) is 0 Å². The predicted molar refractivity (Wildman–Crippen MR) is 62.3 cm³/mol. The molecule has 6 heteroatoms. The van der Waals surface area contributed by atoms with Crippen molar-refractivity contribution in [1.29, 1.82) is 0 Å². The second-order valence-corrected chi connectivity index (χ2v) is 3.76. The molecule has 18 heavy (non-hydrogen) atoms. The Bertz CT molecular complexity index is 580. The molecule has 2 aromatic heterocycles. The fraction of sp³-hybridized carbons (Fsp3) is 0.250. The third kappa shape index (κ3) is 2.09. The molecule has 0 aliphatic heterocycles. The number of aromatic carboxylic acids is 1. The molecule has 0 bridgehead atoms. The zero-order valence-electron chi connectivity index (χ0n) is 9.80. The fourth-order valence-electron chi connectivity index (χ4n) is 1.70. The first-order valence-electron chi connectivity index (χ1n) is 5.55. The van der Waals surface area contributed by atoms with Gasteiger partial charge in [0, 0.05) is 25.0 Å². The van der Waals surface area contributed by atoms with Gasteiger partial charge < -0.3 is 5.11 Å². The first-order chi connectivity index (χ1) is 8.65. The monoisotopic (exact) mass is 249 g/mol. The van der Waals surface area contributed by atoms with Crippen LogP contribution in [0.4, 0.5) is 4.39 Å². The van der Waals surface area contributed by atoms with E-state index < -0.39 is 17.3 Å². The Balaban J connectivity index is 2.54. The number of carboxylic acid groups (broad SMARTS) is 1. The van der Waals surface area contributed by atoms with E-state index in [1.54, 1.807) is 12.4 Å². The highest BCUT2D eigenvalue weighted by atomic mass is 19.1. The molecular weight excluding hydrogens is 237 g/mol. The van der Waals surface area contributed by atoms with Crippen molar-refractivity contribution in [2.45, 2.75) is 19.8 Å². The van der Waals surface area contributed by atoms with Crippen LogP contribution in [0, 0.1) is 5.82 Å². The maximum atomic E-state index is 14.0. The van der Waals surface area contributed by atoms with Crippen LogP contribution in [0.15, 0.2) is 24.7 Å². The van der Waals surface area contributed by atoms with E-state index in [-0.39, 0.29) is 5.82 Å². The Morgan fingerprint density at radius 2 is 2.22 bits per heavy atom. The number of aromatic nitrogens is 3. The van der Waals surface area contributed by atoms with Crippen LogP contribution in [0.25, 0.3) is 5.82 Å². The van der Waals surface area contributed by atoms with Crippen LogP contribution >= 0.6 is 0 Å². The number of hydrogen-bond donors (Lipinski definition) is 1. The molecule has 0 saturated carbocycles. The Kier molecular flexibility index (Phi) is 3.36. The maximum absolute atomic E-state index is 14.0. The van der Waals surface area contributed by atoms with Crippen LogP contribution in [0.3, 0.4) is 0 Å². The summed E-state index contributed by atoms with van der Waals surface area (Å²) in [7, 11) is 0. The van der Waals surface area contributed by atoms with E-state index in [4.69, 9.17) is 5.11 Å². The van der Waals surface area contributed by atoms with E-state index in [0.717, 1.165) is 12.5 Å². The van der Waals surface area contributed by atoms with Crippen LogP contribution < -0.4 is 0 Å². The number of carboxylic acids is 1. The number of aryl methyl sites for hydroxylation is 1. The number of carbonyl (C=O) groups is 1. The van der Waals surface area contributed by atoms with Gasteiger partial charge in [-0.1, -0.05) is 6.92 Å². The summed E-state index contributed by atoms with van der Waals surface area (Å²) in [5.74, 6) is -1.53. The van der Waals surface area contributed by atoms with Crippen molar-refractivity contribution >= 4 is 5.97 Å². The summed E-state index contributed by atoms with van der Waals surface area (Å²) in [6, 6.07) is 1.14. The topological polar surface area (TPSA) is 68.0 Å². The van der Waals surface area contributed by atoms with E-state index in [1.807, 2.05) is 6.92 Å². The van der Waals surface area contributed by atoms with Crippen molar-refractivity contribution in [2.24, 2.45) is 0 Å². The molecule has 2 rings (SSSR count). The lowest BCUT2D eigenvalue weighted by Gasteiger charge is -2.08. The highest BCUT2D eigenvalue weighted by molar-refractivity contribution is 5.88. The van der Waals surface area contributed by atoms with Gasteiger partial charge in [-0.25, -0.2) is 19.2 Å². The lowest BCUT2D eigenvalue weighted by molar-refractivity contribution is 0.0691. The zero-order chi connectivity index (χ0) is 13.1. The fourth-order valence-corrected chi connectivity index (χ4v) is 1.70. The summed E-state index contributed by atoms with van der Waals surface area (Å²) in [5, 5.41) is 8.87. The van der Waals surface area contributed by atoms with E-state index >= 15 is 0 Å². The molecule has 1 N–H and O–H groups in total. The molecular formula is C12H12FN3O2. The summed E-state index contributed by atoms with van der Waals surface area (Å²) < 4.78 is 15.5. The third-order valence-electron chi connectivity index (χ3n) is 2.52. The van der Waals surface area contributed by atoms with Gasteiger partial charge in [-0.15, -0.1) is 0 Å². The molecule has 0 aliphatic rings. The van der Waals surface area contributed by atoms with E-state index in [2.05, 4.69) is 9.97 Å². The normalized spacial score (nSPS) is 10.6. The van der Waals surface area contributed by atoms with Crippen molar-refractivity contribution in [3.8, 4) is 5.82 Å². The minimum absolute atomic E-state index is 0.0316. The first kappa shape index (κ1) is 12.2. The van der Waals surface area contributed by atoms with Crippen LogP contribution in [0.5, 0.6) is 0 Å². The Labute approximate surface area is 103 Å². The molecule has 5 nitrogen and oxygen atoms in total. The van der Waals surface area contributed by atoms with Crippen LogP contribution in [-0.2, 0) is 6.42 Å². The van der Waals surface area contributed by atoms with Gasteiger partial charge in [0.05, 0.1) is 0 Å². The molecule has 2 heterocycles. The number of pyridine rings is 1. The molecule has 0 saturated heterocycles. The number of hydrogen-bond acceptors (Lipinski definition) is 3. The molecule has 0 fully saturated rings. The number of halogens is 1. The smallest absolute Gasteiger partial charge is 0.338 e. The molecule has 0 aromatic carbocycles. The van der Waals surface area contributed by atoms with Gasteiger partial charge in [-0.05, 0) is 12.5 Å². The minimum Gasteiger partial charge on any atom is -0.478 e. The molecule has 2 aromatic rings. The summed E-state index contributed by atoms with van der Waals surface area (Å²) >= 11 is 0. The highest BCUT2D eigenvalue weighted by Gasteiger charge is 2.17. The molecule has 0 spiro atoms. The summed E-state index contributed by atoms with van der Waals surface area (Å²) in [6.45, 7) is 1.98. The number of nitrogens with zero attached hydrogens (tertiary/aromatic N) is 3. The van der Waals surface area contributed by atoms with Gasteiger partial charge >= 0.3 is 5.97 Å². The SMILES string of the molecule is CCCc1nccn1-c1nccc(C(=O)O)c1F. The molecule has 0 aliphatic carbocycles. The Morgan fingerprint density at radius 3 is 2.89 bits per heavy atom. The number of imidazole rings is 1. The predicted octanol–water partition coefficient (Wildman–Crippen LogP) is 2.06. The quantitative estimate of drug-likeness (QED) is 0.900. The minimum atomic E-state index is -1.31. The maximum Gasteiger partial charge on any atom is 0.338 e. The van der Waals surface area contributed by atoms with E-state index in [0.29, 0.717) is 12.2 Å². The van der Waals surface area contributed by atoms with Gasteiger partial charge in [0.1, 0.15) is 11.4 Å². The molecule has 0 atom stereocenters. The third-order valence-corrected chi connectivity index (χ3v) is 2.52. The molecule has 0 amide bonds. The van der Waals surface area contributed by atoms with Gasteiger partial charge in [-0.3, -0.25) is 4.57 Å². The second-order valence-electron chi connectivity index (χ2n) is 3.76. The highest BCUT2D eigenvalue weighted by Crippen LogP contribution is 2.16. The van der Waals surface area contributed by atoms with Gasteiger partial charge in [0.15, 0.2) is 11.6 Å². The zero-order valence-corrected chi connectivity index (χ0v) is 9.80. The van der Waals surface area contributed by atoms with Gasteiger partial charge in [0.25, 0.3) is 0 Å². The van der Waals surface area contributed by atoms with E-state index in [1.165, 1.54) is 10.8 Å². The largest absolute Gasteiger partial charge is 0.478 e. The number of rotatable bonds is 4. The second kappa shape index (κ2) is 4.95. The standard InChI is InChI=1S/C12H12FN3O2/c1-2-3-9-14-6-7-16(9)11-10(13)8(12(17)18)4-5-15-11/h4-7H,2-3H2,1H3,(H,17,18). The van der Waals surface area contributed by atoms with Gasteiger partial charge in [-0.2, -0.15) is 0 Å². The average Bonchev–Trinajstić information content (AvgIpc) is 2.77. The average molecular weight is 249 g/mol. The summed E-state index contributed by atoms with van der Waals surface area (Å²) in [4.78, 5) is 18.9. The molecule has 94 valence electrons. The van der Waals surface area contributed by atoms with Crippen LogP contribution in [-0.4, -0.2) is 25.6 Å². The van der Waals surface area contributed by atoms with Crippen molar-refractivity contribution in [3.05, 3.63) is 41.9 Å². The lowest BCUT2D eigenvalue weighted by Crippen LogP contribution is -2.09. The molecule has 0 unspecified atom stereocenters. The Hall–Kier alpha value is -2.24. The first-order valence-corrected chi connectivity index (χ1v) is 5.55. The van der Waals surface area contributed by atoms with Crippen molar-refractivity contribution in [2.75, 3.05) is 0 Å². The van der Waals surface area contributed by atoms with Crippen molar-refractivity contribution in [3.63, 3.8) is 0 Å². The van der Waals surface area contributed by atoms with Crippen molar-refractivity contribution < 1.29 is 14.3 Å². The van der Waals surface area contributed by atoms with Crippen molar-refractivity contribution in [1.82, 2.24) is 14.5 Å². The summed E-state index contributed by atoms with van der Waals surface area (Å²) in [5.41, 5.74) is -0.392.